The fourth-order valence-corrected chi connectivity index (χ4v) is 5.53. The molecule has 0 aliphatic carbocycles. The number of anilines is 3. The number of hydrogen-bond donors (Lipinski definition) is 4. The SMILES string of the molecule is CC(=O)Nc1ccc(C(=O)Nc2cc(C(=O)Nc3cc(C(=O)NCCCN(C)C)n(C)c3)n(CC(=O)Sc3ccc(C)cc3)c2)n1C. The molecule has 0 saturated heterocycles. The highest BCUT2D eigenvalue weighted by atomic mass is 32.2. The summed E-state index contributed by atoms with van der Waals surface area (Å²) >= 11 is 1.05. The molecule has 1 aromatic carbocycles. The number of amides is 4. The molecule has 0 radical (unpaired) electrons. The highest BCUT2D eigenvalue weighted by molar-refractivity contribution is 8.13. The van der Waals surface area contributed by atoms with Crippen LogP contribution in [-0.2, 0) is 30.2 Å². The lowest BCUT2D eigenvalue weighted by Gasteiger charge is -2.10. The van der Waals surface area contributed by atoms with Crippen molar-refractivity contribution in [2.45, 2.75) is 31.7 Å². The van der Waals surface area contributed by atoms with Crippen LogP contribution < -0.4 is 21.3 Å². The van der Waals surface area contributed by atoms with Crippen LogP contribution in [0.25, 0.3) is 0 Å². The van der Waals surface area contributed by atoms with Gasteiger partial charge < -0.3 is 39.9 Å². The van der Waals surface area contributed by atoms with Gasteiger partial charge >= 0.3 is 0 Å². The number of nitrogens with zero attached hydrogens (tertiary/aromatic N) is 4. The zero-order chi connectivity index (χ0) is 34.2. The maximum atomic E-state index is 13.6. The summed E-state index contributed by atoms with van der Waals surface area (Å²) < 4.78 is 4.64. The molecule has 0 aliphatic heterocycles. The van der Waals surface area contributed by atoms with Gasteiger partial charge in [0.15, 0.2) is 0 Å². The molecule has 248 valence electrons. The molecule has 4 amide bonds. The lowest BCUT2D eigenvalue weighted by molar-refractivity contribution is -0.114. The molecule has 0 aliphatic rings. The second-order valence-corrected chi connectivity index (χ2v) is 12.5. The van der Waals surface area contributed by atoms with Crippen molar-refractivity contribution in [1.82, 2.24) is 23.9 Å². The molecule has 0 bridgehead atoms. The largest absolute Gasteiger partial charge is 0.351 e. The van der Waals surface area contributed by atoms with Crippen molar-refractivity contribution >= 4 is 57.7 Å². The van der Waals surface area contributed by atoms with E-state index in [1.54, 1.807) is 43.1 Å². The van der Waals surface area contributed by atoms with Crippen molar-refractivity contribution in [3.05, 3.63) is 83.6 Å². The van der Waals surface area contributed by atoms with Crippen LogP contribution in [0.3, 0.4) is 0 Å². The molecule has 3 heterocycles. The first kappa shape index (κ1) is 34.8. The Kier molecular flexibility index (Phi) is 11.5. The Morgan fingerprint density at radius 1 is 0.787 bits per heavy atom. The minimum atomic E-state index is -0.533. The van der Waals surface area contributed by atoms with E-state index >= 15 is 0 Å². The van der Waals surface area contributed by atoms with Gasteiger partial charge in [0, 0.05) is 44.9 Å². The number of thioether (sulfide) groups is 1. The summed E-state index contributed by atoms with van der Waals surface area (Å²) in [6, 6.07) is 13.8. The molecule has 0 unspecified atom stereocenters. The van der Waals surface area contributed by atoms with Gasteiger partial charge in [0.2, 0.25) is 11.0 Å². The second kappa shape index (κ2) is 15.5. The molecular formula is C33H40N8O5S. The summed E-state index contributed by atoms with van der Waals surface area (Å²) in [4.78, 5) is 66.9. The summed E-state index contributed by atoms with van der Waals surface area (Å²) in [6.45, 7) is 4.54. The van der Waals surface area contributed by atoms with E-state index in [1.165, 1.54) is 28.3 Å². The third-order valence-electron chi connectivity index (χ3n) is 7.16. The average molecular weight is 661 g/mol. The van der Waals surface area contributed by atoms with Crippen LogP contribution in [0, 0.1) is 6.92 Å². The third-order valence-corrected chi connectivity index (χ3v) is 8.03. The highest BCUT2D eigenvalue weighted by Gasteiger charge is 2.21. The number of carbonyl (C=O) groups is 5. The Morgan fingerprint density at radius 3 is 2.09 bits per heavy atom. The number of carbonyl (C=O) groups excluding carboxylic acids is 5. The maximum Gasteiger partial charge on any atom is 0.272 e. The second-order valence-electron chi connectivity index (χ2n) is 11.4. The van der Waals surface area contributed by atoms with Gasteiger partial charge in [0.1, 0.15) is 22.9 Å². The number of hydrogen-bond acceptors (Lipinski definition) is 7. The van der Waals surface area contributed by atoms with Crippen LogP contribution in [0.4, 0.5) is 17.2 Å². The van der Waals surface area contributed by atoms with E-state index in [4.69, 9.17) is 0 Å². The van der Waals surface area contributed by atoms with Crippen molar-refractivity contribution in [2.75, 3.05) is 43.1 Å². The molecule has 14 heteroatoms. The van der Waals surface area contributed by atoms with Gasteiger partial charge in [-0.15, -0.1) is 0 Å². The molecule has 4 N–H and O–H groups in total. The monoisotopic (exact) mass is 660 g/mol. The van der Waals surface area contributed by atoms with E-state index in [0.717, 1.165) is 35.2 Å². The summed E-state index contributed by atoms with van der Waals surface area (Å²) in [5.74, 6) is -1.10. The van der Waals surface area contributed by atoms with Crippen molar-refractivity contribution in [3.8, 4) is 0 Å². The van der Waals surface area contributed by atoms with Gasteiger partial charge in [0.25, 0.3) is 17.7 Å². The minimum Gasteiger partial charge on any atom is -0.351 e. The lowest BCUT2D eigenvalue weighted by Crippen LogP contribution is -2.28. The van der Waals surface area contributed by atoms with E-state index in [0.29, 0.717) is 29.4 Å². The number of benzene rings is 1. The Labute approximate surface area is 277 Å². The Morgan fingerprint density at radius 2 is 1.43 bits per heavy atom. The number of rotatable bonds is 13. The van der Waals surface area contributed by atoms with Gasteiger partial charge in [0.05, 0.1) is 17.9 Å². The smallest absolute Gasteiger partial charge is 0.272 e. The number of aromatic nitrogens is 3. The summed E-state index contributed by atoms with van der Waals surface area (Å²) in [5.41, 5.74) is 2.53. The zero-order valence-electron chi connectivity index (χ0n) is 27.3. The van der Waals surface area contributed by atoms with Gasteiger partial charge in [-0.1, -0.05) is 29.5 Å². The Hall–Kier alpha value is -5.08. The van der Waals surface area contributed by atoms with E-state index in [9.17, 15) is 24.0 Å². The van der Waals surface area contributed by atoms with Crippen molar-refractivity contribution in [3.63, 3.8) is 0 Å². The third kappa shape index (κ3) is 9.47. The van der Waals surface area contributed by atoms with Crippen LogP contribution in [0.15, 0.2) is 65.8 Å². The van der Waals surface area contributed by atoms with Gasteiger partial charge in [-0.05, 0) is 70.4 Å². The quantitative estimate of drug-likeness (QED) is 0.125. The fourth-order valence-electron chi connectivity index (χ4n) is 4.79. The van der Waals surface area contributed by atoms with E-state index in [1.807, 2.05) is 50.2 Å². The lowest BCUT2D eigenvalue weighted by atomic mass is 10.2. The first-order chi connectivity index (χ1) is 22.3. The standard InChI is InChI=1S/C33H40N8O5S/c1-21-8-10-25(11-9-21)47-30(43)20-41-19-24(37-32(45)26-12-13-29(40(26)6)35-22(2)42)17-28(41)33(46)36-23-16-27(39(5)18-23)31(44)34-14-7-15-38(3)4/h8-13,16-19H,7,14-15,20H2,1-6H3,(H,34,44)(H,35,42)(H,36,46)(H,37,45). The van der Waals surface area contributed by atoms with Gasteiger partial charge in [-0.25, -0.2) is 0 Å². The predicted molar refractivity (Wildman–Crippen MR) is 183 cm³/mol. The first-order valence-electron chi connectivity index (χ1n) is 14.9. The van der Waals surface area contributed by atoms with Crippen LogP contribution in [0.5, 0.6) is 0 Å². The van der Waals surface area contributed by atoms with Crippen molar-refractivity contribution in [1.29, 1.82) is 0 Å². The number of aryl methyl sites for hydroxylation is 2. The molecule has 0 saturated carbocycles. The zero-order valence-corrected chi connectivity index (χ0v) is 28.2. The van der Waals surface area contributed by atoms with E-state index in [-0.39, 0.29) is 34.9 Å². The molecule has 0 fully saturated rings. The molecule has 4 rings (SSSR count). The van der Waals surface area contributed by atoms with Crippen LogP contribution >= 0.6 is 11.8 Å². The normalized spacial score (nSPS) is 11.0. The molecule has 0 spiro atoms. The molecule has 47 heavy (non-hydrogen) atoms. The molecule has 4 aromatic rings. The molecular weight excluding hydrogens is 620 g/mol. The van der Waals surface area contributed by atoms with Gasteiger partial charge in [-0.2, -0.15) is 0 Å². The minimum absolute atomic E-state index is 0.127. The molecule has 13 nitrogen and oxygen atoms in total. The maximum absolute atomic E-state index is 13.6. The van der Waals surface area contributed by atoms with E-state index < -0.39 is 11.8 Å². The highest BCUT2D eigenvalue weighted by Crippen LogP contribution is 2.24. The number of nitrogens with one attached hydrogen (secondary N) is 4. The van der Waals surface area contributed by atoms with Crippen molar-refractivity contribution < 1.29 is 24.0 Å². The van der Waals surface area contributed by atoms with Crippen LogP contribution in [0.1, 0.15) is 50.4 Å². The first-order valence-corrected chi connectivity index (χ1v) is 15.7. The topological polar surface area (TPSA) is 152 Å². The van der Waals surface area contributed by atoms with Gasteiger partial charge in [-0.3, -0.25) is 24.0 Å². The van der Waals surface area contributed by atoms with Crippen molar-refractivity contribution in [2.24, 2.45) is 14.1 Å². The Bertz CT molecular complexity index is 1780. The summed E-state index contributed by atoms with van der Waals surface area (Å²) in [7, 11) is 7.29. The molecule has 0 atom stereocenters. The summed E-state index contributed by atoms with van der Waals surface area (Å²) in [5, 5.41) is 10.9. The molecule has 3 aromatic heterocycles. The van der Waals surface area contributed by atoms with Crippen LogP contribution in [0.2, 0.25) is 0 Å². The fraction of sp³-hybridized carbons (Fsp3) is 0.303. The summed E-state index contributed by atoms with van der Waals surface area (Å²) in [6.07, 6.45) is 3.95. The average Bonchev–Trinajstić information content (AvgIpc) is 3.68. The van der Waals surface area contributed by atoms with Crippen LogP contribution in [-0.4, -0.2) is 74.5 Å². The van der Waals surface area contributed by atoms with E-state index in [2.05, 4.69) is 21.3 Å². The predicted octanol–water partition coefficient (Wildman–Crippen LogP) is 3.94. The Balaban J connectivity index is 1.53.